The normalized spacial score (nSPS) is 13.5. The molecular formula is C22H28N2O2. The van der Waals surface area contributed by atoms with Crippen molar-refractivity contribution >= 4 is 10.9 Å². The van der Waals surface area contributed by atoms with Gasteiger partial charge in [0.25, 0.3) is 0 Å². The molecule has 1 aromatic heterocycles. The molecule has 0 aliphatic rings. The van der Waals surface area contributed by atoms with Gasteiger partial charge in [-0.1, -0.05) is 43.7 Å². The second-order valence-electron chi connectivity index (χ2n) is 6.84. The second kappa shape index (κ2) is 7.83. The molecule has 0 saturated carbocycles. The van der Waals surface area contributed by atoms with Crippen LogP contribution in [0.3, 0.4) is 0 Å². The minimum atomic E-state index is -0.136. The van der Waals surface area contributed by atoms with Crippen LogP contribution in [0.25, 0.3) is 10.9 Å². The molecule has 4 nitrogen and oxygen atoms in total. The van der Waals surface area contributed by atoms with E-state index in [4.69, 9.17) is 9.47 Å². The summed E-state index contributed by atoms with van der Waals surface area (Å²) in [5.41, 5.74) is 3.43. The Kier molecular flexibility index (Phi) is 5.52. The van der Waals surface area contributed by atoms with Gasteiger partial charge in [0, 0.05) is 34.7 Å². The Labute approximate surface area is 155 Å². The molecule has 0 aliphatic heterocycles. The summed E-state index contributed by atoms with van der Waals surface area (Å²) in [5.74, 6) is 1.55. The van der Waals surface area contributed by atoms with Crippen LogP contribution in [-0.4, -0.2) is 19.2 Å². The fraction of sp³-hybridized carbons (Fsp3) is 0.364. The number of para-hydroxylation sites is 2. The van der Waals surface area contributed by atoms with Crippen molar-refractivity contribution in [3.05, 3.63) is 59.8 Å². The maximum atomic E-state index is 5.58. The van der Waals surface area contributed by atoms with Crippen LogP contribution >= 0.6 is 0 Å². The lowest BCUT2D eigenvalue weighted by atomic mass is 9.87. The van der Waals surface area contributed by atoms with Gasteiger partial charge in [-0.15, -0.1) is 0 Å². The molecular weight excluding hydrogens is 324 g/mol. The standard InChI is InChI=1S/C22H28N2O2/c1-5-13-22(2,18-15-23-19-11-7-6-10-17(18)19)24-14-16-9-8-12-20(25-3)21(16)26-4/h6-12,15,23-24H,5,13-14H2,1-4H3. The highest BCUT2D eigenvalue weighted by molar-refractivity contribution is 5.84. The monoisotopic (exact) mass is 352 g/mol. The van der Waals surface area contributed by atoms with Crippen LogP contribution < -0.4 is 14.8 Å². The predicted octanol–water partition coefficient (Wildman–Crippen LogP) is 4.99. The van der Waals surface area contributed by atoms with Crippen molar-refractivity contribution in [2.75, 3.05) is 14.2 Å². The summed E-state index contributed by atoms with van der Waals surface area (Å²) < 4.78 is 11.0. The maximum Gasteiger partial charge on any atom is 0.165 e. The number of methoxy groups -OCH3 is 2. The van der Waals surface area contributed by atoms with Gasteiger partial charge in [-0.2, -0.15) is 0 Å². The summed E-state index contributed by atoms with van der Waals surface area (Å²) in [4.78, 5) is 3.41. The number of ether oxygens (including phenoxy) is 2. The van der Waals surface area contributed by atoms with Gasteiger partial charge in [-0.25, -0.2) is 0 Å². The van der Waals surface area contributed by atoms with E-state index < -0.39 is 0 Å². The molecule has 1 atom stereocenters. The van der Waals surface area contributed by atoms with Crippen molar-refractivity contribution in [3.8, 4) is 11.5 Å². The van der Waals surface area contributed by atoms with Crippen molar-refractivity contribution in [3.63, 3.8) is 0 Å². The third kappa shape index (κ3) is 3.42. The van der Waals surface area contributed by atoms with E-state index >= 15 is 0 Å². The molecule has 1 heterocycles. The number of aromatic amines is 1. The zero-order chi connectivity index (χ0) is 18.6. The van der Waals surface area contributed by atoms with Crippen LogP contribution in [0.15, 0.2) is 48.7 Å². The summed E-state index contributed by atoms with van der Waals surface area (Å²) >= 11 is 0. The number of H-pyrrole nitrogens is 1. The number of benzene rings is 2. The van der Waals surface area contributed by atoms with Crippen molar-refractivity contribution < 1.29 is 9.47 Å². The summed E-state index contributed by atoms with van der Waals surface area (Å²) in [5, 5.41) is 5.05. The van der Waals surface area contributed by atoms with E-state index in [0.29, 0.717) is 6.54 Å². The maximum absolute atomic E-state index is 5.58. The lowest BCUT2D eigenvalue weighted by Crippen LogP contribution is -2.39. The molecule has 2 aromatic carbocycles. The van der Waals surface area contributed by atoms with Crippen LogP contribution in [0, 0.1) is 0 Å². The van der Waals surface area contributed by atoms with Gasteiger partial charge in [-0.05, 0) is 31.0 Å². The zero-order valence-corrected chi connectivity index (χ0v) is 16.1. The smallest absolute Gasteiger partial charge is 0.165 e. The number of hydrogen-bond acceptors (Lipinski definition) is 3. The Morgan fingerprint density at radius 2 is 1.85 bits per heavy atom. The fourth-order valence-electron chi connectivity index (χ4n) is 3.73. The first-order valence-electron chi connectivity index (χ1n) is 9.14. The van der Waals surface area contributed by atoms with Gasteiger partial charge in [0.1, 0.15) is 0 Å². The van der Waals surface area contributed by atoms with Crippen LogP contribution in [0.4, 0.5) is 0 Å². The SMILES string of the molecule is CCCC(C)(NCc1cccc(OC)c1OC)c1c[nH]c2ccccc12. The molecule has 0 amide bonds. The van der Waals surface area contributed by atoms with Crippen molar-refractivity contribution in [2.24, 2.45) is 0 Å². The first kappa shape index (κ1) is 18.3. The lowest BCUT2D eigenvalue weighted by molar-refractivity contribution is 0.324. The topological polar surface area (TPSA) is 46.3 Å². The lowest BCUT2D eigenvalue weighted by Gasteiger charge is -2.31. The van der Waals surface area contributed by atoms with Crippen molar-refractivity contribution in [1.29, 1.82) is 0 Å². The van der Waals surface area contributed by atoms with E-state index in [1.54, 1.807) is 14.2 Å². The highest BCUT2D eigenvalue weighted by Gasteiger charge is 2.28. The minimum Gasteiger partial charge on any atom is -0.493 e. The average molecular weight is 352 g/mol. The van der Waals surface area contributed by atoms with E-state index in [1.165, 1.54) is 16.5 Å². The third-order valence-electron chi connectivity index (χ3n) is 5.09. The molecule has 0 spiro atoms. The molecule has 4 heteroatoms. The van der Waals surface area contributed by atoms with Gasteiger partial charge >= 0.3 is 0 Å². The molecule has 0 aliphatic carbocycles. The number of rotatable bonds is 8. The molecule has 3 rings (SSSR count). The Balaban J connectivity index is 1.92. The molecule has 138 valence electrons. The summed E-state index contributed by atoms with van der Waals surface area (Å²) in [6.45, 7) is 5.20. The Hall–Kier alpha value is -2.46. The third-order valence-corrected chi connectivity index (χ3v) is 5.09. The summed E-state index contributed by atoms with van der Waals surface area (Å²) in [6.07, 6.45) is 4.27. The number of aromatic nitrogens is 1. The molecule has 0 saturated heterocycles. The first-order valence-corrected chi connectivity index (χ1v) is 9.14. The van der Waals surface area contributed by atoms with Crippen LogP contribution in [-0.2, 0) is 12.1 Å². The van der Waals surface area contributed by atoms with Crippen molar-refractivity contribution in [2.45, 2.75) is 38.8 Å². The molecule has 3 aromatic rings. The highest BCUT2D eigenvalue weighted by Crippen LogP contribution is 2.35. The molecule has 2 N–H and O–H groups in total. The Bertz CT molecular complexity index is 871. The Morgan fingerprint density at radius 1 is 1.04 bits per heavy atom. The fourth-order valence-corrected chi connectivity index (χ4v) is 3.73. The Morgan fingerprint density at radius 3 is 2.58 bits per heavy atom. The quantitative estimate of drug-likeness (QED) is 0.600. The highest BCUT2D eigenvalue weighted by atomic mass is 16.5. The van der Waals surface area contributed by atoms with Crippen LogP contribution in [0.2, 0.25) is 0 Å². The molecule has 0 fully saturated rings. The van der Waals surface area contributed by atoms with E-state index in [1.807, 2.05) is 12.1 Å². The molecule has 0 radical (unpaired) electrons. The molecule has 1 unspecified atom stereocenters. The van der Waals surface area contributed by atoms with E-state index in [0.717, 1.165) is 29.9 Å². The van der Waals surface area contributed by atoms with Gasteiger partial charge in [0.05, 0.1) is 14.2 Å². The van der Waals surface area contributed by atoms with E-state index in [9.17, 15) is 0 Å². The number of hydrogen-bond donors (Lipinski definition) is 2. The van der Waals surface area contributed by atoms with E-state index in [-0.39, 0.29) is 5.54 Å². The largest absolute Gasteiger partial charge is 0.493 e. The van der Waals surface area contributed by atoms with Gasteiger partial charge in [0.15, 0.2) is 11.5 Å². The van der Waals surface area contributed by atoms with Gasteiger partial charge in [0.2, 0.25) is 0 Å². The second-order valence-corrected chi connectivity index (χ2v) is 6.84. The van der Waals surface area contributed by atoms with Gasteiger partial charge < -0.3 is 19.8 Å². The van der Waals surface area contributed by atoms with Gasteiger partial charge in [-0.3, -0.25) is 0 Å². The number of nitrogens with one attached hydrogen (secondary N) is 2. The van der Waals surface area contributed by atoms with Crippen molar-refractivity contribution in [1.82, 2.24) is 10.3 Å². The molecule has 26 heavy (non-hydrogen) atoms. The summed E-state index contributed by atoms with van der Waals surface area (Å²) in [7, 11) is 3.36. The molecule has 0 bridgehead atoms. The summed E-state index contributed by atoms with van der Waals surface area (Å²) in [6, 6.07) is 14.5. The van der Waals surface area contributed by atoms with E-state index in [2.05, 4.69) is 60.7 Å². The van der Waals surface area contributed by atoms with Crippen LogP contribution in [0.5, 0.6) is 11.5 Å². The minimum absolute atomic E-state index is 0.136. The zero-order valence-electron chi connectivity index (χ0n) is 16.1. The first-order chi connectivity index (χ1) is 12.6. The number of fused-ring (bicyclic) bond motifs is 1. The van der Waals surface area contributed by atoms with Crippen LogP contribution in [0.1, 0.15) is 37.8 Å². The predicted molar refractivity (Wildman–Crippen MR) is 107 cm³/mol. The average Bonchev–Trinajstić information content (AvgIpc) is 3.11.